The van der Waals surface area contributed by atoms with Crippen LogP contribution in [0.3, 0.4) is 0 Å². The van der Waals surface area contributed by atoms with Gasteiger partial charge in [-0.1, -0.05) is 6.92 Å². The largest absolute Gasteiger partial charge is 0.457 e. The van der Waals surface area contributed by atoms with Crippen LogP contribution in [0.4, 0.5) is 15.4 Å². The second-order valence-corrected chi connectivity index (χ2v) is 5.82. The van der Waals surface area contributed by atoms with Gasteiger partial charge in [0.1, 0.15) is 17.3 Å². The highest BCUT2D eigenvalue weighted by Crippen LogP contribution is 2.27. The molecule has 8 heteroatoms. The molecular weight excluding hydrogens is 346 g/mol. The van der Waals surface area contributed by atoms with Crippen molar-refractivity contribution in [2.24, 2.45) is 0 Å². The molecular formula is C19H21N5O3. The van der Waals surface area contributed by atoms with Crippen molar-refractivity contribution in [1.29, 1.82) is 0 Å². The van der Waals surface area contributed by atoms with E-state index in [1.54, 1.807) is 37.6 Å². The van der Waals surface area contributed by atoms with Gasteiger partial charge in [0.2, 0.25) is 0 Å². The van der Waals surface area contributed by atoms with E-state index in [-0.39, 0.29) is 12.1 Å². The molecule has 0 saturated heterocycles. The predicted molar refractivity (Wildman–Crippen MR) is 103 cm³/mol. The molecule has 0 aliphatic rings. The lowest BCUT2D eigenvalue weighted by atomic mass is 10.2. The fraction of sp³-hybridized carbons (Fsp3) is 0.211. The second-order valence-electron chi connectivity index (χ2n) is 5.82. The van der Waals surface area contributed by atoms with Crippen molar-refractivity contribution < 1.29 is 14.3 Å². The third kappa shape index (κ3) is 4.35. The number of hydrogen-bond donors (Lipinski definition) is 3. The molecule has 0 atom stereocenters. The number of carbonyl (C=O) groups is 2. The van der Waals surface area contributed by atoms with E-state index in [2.05, 4.69) is 20.9 Å². The lowest BCUT2D eigenvalue weighted by molar-refractivity contribution is 0.245. The zero-order chi connectivity index (χ0) is 19.2. The Kier molecular flexibility index (Phi) is 5.55. The molecule has 2 aromatic heterocycles. The van der Waals surface area contributed by atoms with Crippen molar-refractivity contribution in [3.05, 3.63) is 48.8 Å². The van der Waals surface area contributed by atoms with E-state index in [4.69, 9.17) is 4.74 Å². The van der Waals surface area contributed by atoms with E-state index >= 15 is 0 Å². The third-order valence-electron chi connectivity index (χ3n) is 3.84. The Balaban J connectivity index is 1.74. The van der Waals surface area contributed by atoms with Gasteiger partial charge in [-0.15, -0.1) is 0 Å². The van der Waals surface area contributed by atoms with Gasteiger partial charge in [-0.2, -0.15) is 0 Å². The molecule has 1 aromatic carbocycles. The van der Waals surface area contributed by atoms with E-state index in [1.165, 1.54) is 4.57 Å². The van der Waals surface area contributed by atoms with Crippen molar-refractivity contribution in [3.63, 3.8) is 0 Å². The number of amides is 3. The Bertz CT molecular complexity index is 967. The summed E-state index contributed by atoms with van der Waals surface area (Å²) in [7, 11) is 1.59. The fourth-order valence-corrected chi connectivity index (χ4v) is 2.56. The average Bonchev–Trinajstić information content (AvgIpc) is 3.09. The number of urea groups is 1. The molecule has 3 amide bonds. The topological polar surface area (TPSA) is 97.3 Å². The Labute approximate surface area is 156 Å². The number of nitrogens with zero attached hydrogens (tertiary/aromatic N) is 2. The molecule has 140 valence electrons. The third-order valence-corrected chi connectivity index (χ3v) is 3.84. The molecule has 0 bridgehead atoms. The molecule has 3 rings (SSSR count). The number of fused-ring (bicyclic) bond motifs is 1. The summed E-state index contributed by atoms with van der Waals surface area (Å²) in [6.45, 7) is 2.57. The predicted octanol–water partition coefficient (Wildman–Crippen LogP) is 3.55. The first-order valence-electron chi connectivity index (χ1n) is 8.62. The monoisotopic (exact) mass is 367 g/mol. The Morgan fingerprint density at radius 3 is 2.74 bits per heavy atom. The molecule has 0 fully saturated rings. The molecule has 0 spiro atoms. The van der Waals surface area contributed by atoms with Crippen molar-refractivity contribution in [2.45, 2.75) is 13.3 Å². The smallest absolute Gasteiger partial charge is 0.325 e. The molecule has 0 aliphatic heterocycles. The van der Waals surface area contributed by atoms with Gasteiger partial charge in [0, 0.05) is 37.4 Å². The number of carbonyl (C=O) groups excluding carboxylic acids is 2. The van der Waals surface area contributed by atoms with Crippen LogP contribution in [0.25, 0.3) is 10.9 Å². The van der Waals surface area contributed by atoms with Crippen molar-refractivity contribution in [1.82, 2.24) is 20.2 Å². The summed E-state index contributed by atoms with van der Waals surface area (Å²) in [4.78, 5) is 27.7. The molecule has 2 heterocycles. The summed E-state index contributed by atoms with van der Waals surface area (Å²) >= 11 is 0. The summed E-state index contributed by atoms with van der Waals surface area (Å²) in [5, 5.41) is 8.86. The first-order chi connectivity index (χ1) is 13.1. The van der Waals surface area contributed by atoms with Crippen LogP contribution in [-0.2, 0) is 0 Å². The lowest BCUT2D eigenvalue weighted by Crippen LogP contribution is -2.29. The van der Waals surface area contributed by atoms with E-state index in [1.807, 2.05) is 25.1 Å². The minimum Gasteiger partial charge on any atom is -0.457 e. The van der Waals surface area contributed by atoms with Crippen LogP contribution < -0.4 is 20.7 Å². The van der Waals surface area contributed by atoms with E-state index < -0.39 is 0 Å². The number of aromatic nitrogens is 2. The molecule has 0 radical (unpaired) electrons. The fourth-order valence-electron chi connectivity index (χ4n) is 2.56. The zero-order valence-electron chi connectivity index (χ0n) is 15.2. The average molecular weight is 367 g/mol. The van der Waals surface area contributed by atoms with Crippen LogP contribution in [-0.4, -0.2) is 35.2 Å². The van der Waals surface area contributed by atoms with Crippen LogP contribution in [0, 0.1) is 0 Å². The quantitative estimate of drug-likeness (QED) is 0.642. The number of nitrogens with one attached hydrogen (secondary N) is 3. The van der Waals surface area contributed by atoms with E-state index in [0.717, 1.165) is 17.3 Å². The maximum atomic E-state index is 11.8. The Morgan fingerprint density at radius 1 is 1.15 bits per heavy atom. The van der Waals surface area contributed by atoms with Crippen molar-refractivity contribution in [2.75, 3.05) is 18.9 Å². The van der Waals surface area contributed by atoms with E-state index in [9.17, 15) is 9.59 Å². The van der Waals surface area contributed by atoms with Gasteiger partial charge in [-0.25, -0.2) is 14.6 Å². The SMILES string of the molecule is CCCNC(=O)Nc1cc(Oc2ccc3c(ccn3C(=O)NC)c2)ccn1. The van der Waals surface area contributed by atoms with E-state index in [0.29, 0.717) is 23.9 Å². The number of benzene rings is 1. The van der Waals surface area contributed by atoms with Crippen LogP contribution in [0.2, 0.25) is 0 Å². The maximum absolute atomic E-state index is 11.8. The van der Waals surface area contributed by atoms with Gasteiger partial charge in [0.05, 0.1) is 5.52 Å². The molecule has 3 aromatic rings. The minimum absolute atomic E-state index is 0.204. The normalized spacial score (nSPS) is 10.4. The number of ether oxygens (including phenoxy) is 1. The van der Waals surface area contributed by atoms with Gasteiger partial charge in [-0.3, -0.25) is 9.88 Å². The van der Waals surface area contributed by atoms with Gasteiger partial charge in [0.25, 0.3) is 0 Å². The first kappa shape index (κ1) is 18.2. The van der Waals surface area contributed by atoms with Crippen molar-refractivity contribution in [3.8, 4) is 11.5 Å². The van der Waals surface area contributed by atoms with Crippen LogP contribution >= 0.6 is 0 Å². The standard InChI is InChI=1S/C19H21N5O3/c1-3-8-22-18(25)23-17-12-15(6-9-21-17)27-14-4-5-16-13(11-14)7-10-24(16)19(26)20-2/h4-7,9-12H,3,8H2,1-2H3,(H,20,26)(H2,21,22,23,25). The molecule has 8 nitrogen and oxygen atoms in total. The highest BCUT2D eigenvalue weighted by Gasteiger charge is 2.09. The summed E-state index contributed by atoms with van der Waals surface area (Å²) in [5.74, 6) is 1.55. The van der Waals surface area contributed by atoms with Gasteiger partial charge in [0.15, 0.2) is 0 Å². The summed E-state index contributed by atoms with van der Waals surface area (Å²) in [6, 6.07) is 10.1. The number of anilines is 1. The number of hydrogen-bond acceptors (Lipinski definition) is 4. The maximum Gasteiger partial charge on any atom is 0.325 e. The molecule has 3 N–H and O–H groups in total. The van der Waals surface area contributed by atoms with Crippen molar-refractivity contribution >= 4 is 28.8 Å². The summed E-state index contributed by atoms with van der Waals surface area (Å²) < 4.78 is 7.39. The minimum atomic E-state index is -0.307. The molecule has 27 heavy (non-hydrogen) atoms. The molecule has 0 saturated carbocycles. The second kappa shape index (κ2) is 8.22. The highest BCUT2D eigenvalue weighted by molar-refractivity contribution is 5.92. The lowest BCUT2D eigenvalue weighted by Gasteiger charge is -2.09. The van der Waals surface area contributed by atoms with Crippen LogP contribution in [0.1, 0.15) is 13.3 Å². The Hall–Kier alpha value is -3.55. The number of rotatable bonds is 5. The van der Waals surface area contributed by atoms with Crippen LogP contribution in [0.5, 0.6) is 11.5 Å². The summed E-state index contributed by atoms with van der Waals surface area (Å²) in [5.41, 5.74) is 0.784. The zero-order valence-corrected chi connectivity index (χ0v) is 15.2. The molecule has 0 aliphatic carbocycles. The van der Waals surface area contributed by atoms with Gasteiger partial charge < -0.3 is 15.4 Å². The molecule has 0 unspecified atom stereocenters. The number of pyridine rings is 1. The highest BCUT2D eigenvalue weighted by atomic mass is 16.5. The van der Waals surface area contributed by atoms with Crippen LogP contribution in [0.15, 0.2) is 48.8 Å². The first-order valence-corrected chi connectivity index (χ1v) is 8.62. The Morgan fingerprint density at radius 2 is 1.96 bits per heavy atom. The van der Waals surface area contributed by atoms with Gasteiger partial charge in [-0.05, 0) is 36.8 Å². The summed E-state index contributed by atoms with van der Waals surface area (Å²) in [6.07, 6.45) is 4.12. The van der Waals surface area contributed by atoms with Gasteiger partial charge >= 0.3 is 12.1 Å².